The number of rotatable bonds is 0. The van der Waals surface area contributed by atoms with Crippen molar-refractivity contribution < 1.29 is 0 Å². The van der Waals surface area contributed by atoms with Crippen LogP contribution in [0.1, 0.15) is 22.3 Å². The molecule has 1 heteroatoms. The number of benzene rings is 2. The Labute approximate surface area is 149 Å². The lowest BCUT2D eigenvalue weighted by Gasteiger charge is -2.36. The molecule has 6 rings (SSSR count). The van der Waals surface area contributed by atoms with Crippen molar-refractivity contribution in [1.82, 2.24) is 0 Å². The van der Waals surface area contributed by atoms with Crippen molar-refractivity contribution in [2.45, 2.75) is 5.04 Å². The lowest BCUT2D eigenvalue weighted by atomic mass is 9.79. The zero-order valence-electron chi connectivity index (χ0n) is 13.7. The van der Waals surface area contributed by atoms with Crippen molar-refractivity contribution >= 4 is 38.1 Å². The van der Waals surface area contributed by atoms with Gasteiger partial charge in [-0.05, 0) is 56.7 Å². The van der Waals surface area contributed by atoms with Gasteiger partial charge in [-0.3, -0.25) is 0 Å². The minimum Gasteiger partial charge on any atom is -0.0827 e. The summed E-state index contributed by atoms with van der Waals surface area (Å²) in [6.07, 6.45) is 14.2. The molecule has 0 N–H and O–H groups in total. The van der Waals surface area contributed by atoms with E-state index in [4.69, 9.17) is 0 Å². The monoisotopic (exact) mass is 332 g/mol. The summed E-state index contributed by atoms with van der Waals surface area (Å²) in [7, 11) is 0.149. The molecule has 0 saturated heterocycles. The van der Waals surface area contributed by atoms with Gasteiger partial charge in [-0.25, -0.2) is 0 Å². The molecule has 1 aliphatic heterocycles. The largest absolute Gasteiger partial charge is 0.0827 e. The van der Waals surface area contributed by atoms with E-state index in [2.05, 4.69) is 90.7 Å². The van der Waals surface area contributed by atoms with Gasteiger partial charge in [0, 0.05) is 14.2 Å². The second-order valence-corrected chi connectivity index (χ2v) is 8.67. The van der Waals surface area contributed by atoms with Crippen LogP contribution in [0.5, 0.6) is 0 Å². The second kappa shape index (κ2) is 4.65. The third-order valence-corrected chi connectivity index (χ3v) is 7.54. The predicted molar refractivity (Wildman–Crippen MR) is 110 cm³/mol. The molecular formula is C24H16Si. The lowest BCUT2D eigenvalue weighted by Crippen LogP contribution is -2.24. The number of hydrogen-bond donors (Lipinski definition) is 0. The maximum Gasteiger partial charge on any atom is 0.0436 e. The maximum absolute atomic E-state index is 2.45. The first-order chi connectivity index (χ1) is 12.4. The SMILES string of the molecule is C1=CC2([SiH]=CC=C3C2=Cc2ccccc23)C2=Cc3ccccc3C2=C1. The molecule has 0 bridgehead atoms. The highest BCUT2D eigenvalue weighted by Gasteiger charge is 2.43. The first kappa shape index (κ1) is 13.5. The molecule has 1 atom stereocenters. The van der Waals surface area contributed by atoms with Gasteiger partial charge in [0.05, 0.1) is 0 Å². The fourth-order valence-corrected chi connectivity index (χ4v) is 6.34. The van der Waals surface area contributed by atoms with Crippen LogP contribution in [0.3, 0.4) is 0 Å². The topological polar surface area (TPSA) is 0 Å². The van der Waals surface area contributed by atoms with E-state index >= 15 is 0 Å². The molecule has 1 unspecified atom stereocenters. The summed E-state index contributed by atoms with van der Waals surface area (Å²) in [4.78, 5) is 0. The number of hydrogen-bond acceptors (Lipinski definition) is 0. The van der Waals surface area contributed by atoms with E-state index in [0.29, 0.717) is 0 Å². The molecule has 1 heterocycles. The van der Waals surface area contributed by atoms with Crippen LogP contribution in [-0.2, 0) is 0 Å². The van der Waals surface area contributed by atoms with Gasteiger partial charge < -0.3 is 0 Å². The number of allylic oxidation sites excluding steroid dienone is 8. The Bertz CT molecular complexity index is 1040. The van der Waals surface area contributed by atoms with Gasteiger partial charge in [0.25, 0.3) is 0 Å². The zero-order chi connectivity index (χ0) is 16.4. The predicted octanol–water partition coefficient (Wildman–Crippen LogP) is 4.93. The molecule has 0 fully saturated rings. The summed E-state index contributed by atoms with van der Waals surface area (Å²) in [6.45, 7) is 0. The van der Waals surface area contributed by atoms with Crippen molar-refractivity contribution in [1.29, 1.82) is 0 Å². The first-order valence-electron chi connectivity index (χ1n) is 8.80. The molecular weight excluding hydrogens is 316 g/mol. The van der Waals surface area contributed by atoms with Crippen LogP contribution in [0.2, 0.25) is 5.04 Å². The molecule has 116 valence electrons. The summed E-state index contributed by atoms with van der Waals surface area (Å²) in [5.74, 6) is 0. The van der Waals surface area contributed by atoms with E-state index in [9.17, 15) is 0 Å². The van der Waals surface area contributed by atoms with E-state index < -0.39 is 0 Å². The summed E-state index contributed by atoms with van der Waals surface area (Å²) in [5, 5.41) is 0.0478. The van der Waals surface area contributed by atoms with Gasteiger partial charge in [-0.2, -0.15) is 0 Å². The third-order valence-electron chi connectivity index (χ3n) is 5.82. The van der Waals surface area contributed by atoms with Gasteiger partial charge in [0.1, 0.15) is 0 Å². The lowest BCUT2D eigenvalue weighted by molar-refractivity contribution is 1.00. The molecule has 0 aromatic heterocycles. The van der Waals surface area contributed by atoms with Crippen LogP contribution in [0.15, 0.2) is 84.0 Å². The highest BCUT2D eigenvalue weighted by atomic mass is 28.2. The molecule has 25 heavy (non-hydrogen) atoms. The fraction of sp³-hybridized carbons (Fsp3) is 0.0417. The van der Waals surface area contributed by atoms with Crippen molar-refractivity contribution in [3.63, 3.8) is 0 Å². The van der Waals surface area contributed by atoms with Crippen LogP contribution in [0.4, 0.5) is 0 Å². The summed E-state index contributed by atoms with van der Waals surface area (Å²) in [6, 6.07) is 17.6. The van der Waals surface area contributed by atoms with Crippen molar-refractivity contribution in [3.8, 4) is 0 Å². The van der Waals surface area contributed by atoms with Crippen LogP contribution < -0.4 is 0 Å². The van der Waals surface area contributed by atoms with Crippen LogP contribution in [-0.4, -0.2) is 14.8 Å². The Morgan fingerprint density at radius 1 is 0.680 bits per heavy atom. The Balaban J connectivity index is 1.60. The molecule has 2 aromatic carbocycles. The van der Waals surface area contributed by atoms with Gasteiger partial charge in [0.15, 0.2) is 0 Å². The van der Waals surface area contributed by atoms with E-state index in [0.717, 1.165) is 0 Å². The van der Waals surface area contributed by atoms with Gasteiger partial charge in [-0.15, -0.1) is 0 Å². The van der Waals surface area contributed by atoms with Crippen molar-refractivity contribution in [2.24, 2.45) is 0 Å². The first-order valence-corrected chi connectivity index (χ1v) is 10.0. The van der Waals surface area contributed by atoms with Crippen LogP contribution in [0, 0.1) is 0 Å². The Kier molecular flexibility index (Phi) is 2.51. The molecule has 0 radical (unpaired) electrons. The normalized spacial score (nSPS) is 24.0. The molecule has 0 amide bonds. The minimum absolute atomic E-state index is 0.0478. The van der Waals surface area contributed by atoms with E-state index in [1.54, 1.807) is 0 Å². The quantitative estimate of drug-likeness (QED) is 0.600. The van der Waals surface area contributed by atoms with Crippen LogP contribution in [0.25, 0.3) is 23.3 Å². The second-order valence-electron chi connectivity index (χ2n) is 7.04. The average Bonchev–Trinajstić information content (AvgIpc) is 3.23. The van der Waals surface area contributed by atoms with Gasteiger partial charge in [-0.1, -0.05) is 78.5 Å². The molecule has 0 saturated carbocycles. The zero-order valence-corrected chi connectivity index (χ0v) is 14.9. The summed E-state index contributed by atoms with van der Waals surface area (Å²) in [5.41, 5.74) is 13.7. The van der Waals surface area contributed by atoms with Gasteiger partial charge >= 0.3 is 0 Å². The molecule has 1 spiro atoms. The third kappa shape index (κ3) is 1.64. The molecule has 2 aromatic rings. The fourth-order valence-electron chi connectivity index (χ4n) is 4.69. The minimum atomic E-state index is 0.0478. The smallest absolute Gasteiger partial charge is 0.0436 e. The number of fused-ring (bicyclic) bond motifs is 8. The highest BCUT2D eigenvalue weighted by molar-refractivity contribution is 6.59. The molecule has 3 aliphatic carbocycles. The van der Waals surface area contributed by atoms with E-state index in [1.165, 1.54) is 44.5 Å². The summed E-state index contributed by atoms with van der Waals surface area (Å²) >= 11 is 0. The Morgan fingerprint density at radius 2 is 1.28 bits per heavy atom. The van der Waals surface area contributed by atoms with E-state index in [1.807, 2.05) is 0 Å². The van der Waals surface area contributed by atoms with Crippen molar-refractivity contribution in [2.75, 3.05) is 0 Å². The Hall–Kier alpha value is -2.77. The van der Waals surface area contributed by atoms with E-state index in [-0.39, 0.29) is 14.2 Å². The summed E-state index contributed by atoms with van der Waals surface area (Å²) < 4.78 is 0. The standard InChI is InChI=1S/C24H16Si/c1-3-8-18-16(6-1)14-22-20(18)10-5-12-24(22)23-15-17-7-2-4-9-19(17)21(23)11-13-25-24/h1-15,25H. The Morgan fingerprint density at radius 3 is 1.96 bits per heavy atom. The highest BCUT2D eigenvalue weighted by Crippen LogP contribution is 2.60. The van der Waals surface area contributed by atoms with Gasteiger partial charge in [0.2, 0.25) is 0 Å². The molecule has 4 aliphatic rings. The maximum atomic E-state index is 2.45. The van der Waals surface area contributed by atoms with Crippen LogP contribution >= 0.6 is 0 Å². The molecule has 0 nitrogen and oxygen atoms in total. The average molecular weight is 332 g/mol. The van der Waals surface area contributed by atoms with Crippen molar-refractivity contribution in [3.05, 3.63) is 106 Å².